The molecule has 1 aromatic carbocycles. The molecule has 0 bridgehead atoms. The SMILES string of the molecule is CN(CCC(C)(C)OCCC(C)(C)O)Cc1ccccc1. The van der Waals surface area contributed by atoms with Crippen LogP contribution in [0.5, 0.6) is 0 Å². The van der Waals surface area contributed by atoms with Crippen LogP contribution in [0.2, 0.25) is 0 Å². The molecule has 3 heteroatoms. The van der Waals surface area contributed by atoms with Crippen LogP contribution < -0.4 is 0 Å². The van der Waals surface area contributed by atoms with Crippen LogP contribution in [0.15, 0.2) is 30.3 Å². The largest absolute Gasteiger partial charge is 0.390 e. The summed E-state index contributed by atoms with van der Waals surface area (Å²) in [6.45, 7) is 10.4. The van der Waals surface area contributed by atoms with Gasteiger partial charge in [-0.3, -0.25) is 0 Å². The summed E-state index contributed by atoms with van der Waals surface area (Å²) in [5.41, 5.74) is 0.525. The summed E-state index contributed by atoms with van der Waals surface area (Å²) in [4.78, 5) is 2.32. The molecule has 120 valence electrons. The molecule has 0 amide bonds. The van der Waals surface area contributed by atoms with E-state index in [1.807, 2.05) is 19.9 Å². The Kier molecular flexibility index (Phi) is 6.85. The molecule has 0 heterocycles. The van der Waals surface area contributed by atoms with Crippen LogP contribution in [-0.2, 0) is 11.3 Å². The highest BCUT2D eigenvalue weighted by Crippen LogP contribution is 2.18. The van der Waals surface area contributed by atoms with E-state index in [1.54, 1.807) is 0 Å². The molecule has 0 unspecified atom stereocenters. The highest BCUT2D eigenvalue weighted by molar-refractivity contribution is 5.14. The third kappa shape index (κ3) is 8.86. The molecule has 0 aromatic heterocycles. The molecule has 0 aliphatic carbocycles. The summed E-state index contributed by atoms with van der Waals surface area (Å²) in [5.74, 6) is 0. The quantitative estimate of drug-likeness (QED) is 0.757. The number of hydrogen-bond acceptors (Lipinski definition) is 3. The summed E-state index contributed by atoms with van der Waals surface area (Å²) in [5, 5.41) is 9.71. The molecule has 0 saturated carbocycles. The van der Waals surface area contributed by atoms with Crippen LogP contribution in [-0.4, -0.2) is 41.4 Å². The molecule has 0 spiro atoms. The van der Waals surface area contributed by atoms with E-state index in [1.165, 1.54) is 5.56 Å². The Hall–Kier alpha value is -0.900. The molecule has 0 saturated heterocycles. The molecular weight excluding hydrogens is 262 g/mol. The van der Waals surface area contributed by atoms with Gasteiger partial charge in [0.1, 0.15) is 0 Å². The van der Waals surface area contributed by atoms with Crippen molar-refractivity contribution in [2.45, 2.75) is 58.3 Å². The van der Waals surface area contributed by atoms with Crippen molar-refractivity contribution in [2.75, 3.05) is 20.2 Å². The van der Waals surface area contributed by atoms with Crippen molar-refractivity contribution < 1.29 is 9.84 Å². The second-order valence-electron chi connectivity index (χ2n) is 7.14. The van der Waals surface area contributed by atoms with E-state index in [0.29, 0.717) is 13.0 Å². The minimum absolute atomic E-state index is 0.157. The first kappa shape index (κ1) is 18.1. The van der Waals surface area contributed by atoms with Crippen LogP contribution >= 0.6 is 0 Å². The average molecular weight is 293 g/mol. The van der Waals surface area contributed by atoms with Crippen molar-refractivity contribution in [3.05, 3.63) is 35.9 Å². The number of rotatable bonds is 9. The molecule has 1 rings (SSSR count). The highest BCUT2D eigenvalue weighted by atomic mass is 16.5. The van der Waals surface area contributed by atoms with Gasteiger partial charge < -0.3 is 14.7 Å². The van der Waals surface area contributed by atoms with E-state index in [-0.39, 0.29) is 5.60 Å². The Morgan fingerprint density at radius 2 is 1.67 bits per heavy atom. The second kappa shape index (κ2) is 7.92. The third-order valence-corrected chi connectivity index (χ3v) is 3.60. The average Bonchev–Trinajstić information content (AvgIpc) is 2.36. The van der Waals surface area contributed by atoms with E-state index < -0.39 is 5.60 Å². The Bertz CT molecular complexity index is 395. The molecule has 1 aromatic rings. The van der Waals surface area contributed by atoms with E-state index in [9.17, 15) is 5.11 Å². The lowest BCUT2D eigenvalue weighted by atomic mass is 10.0. The molecular formula is C18H31NO2. The summed E-state index contributed by atoms with van der Waals surface area (Å²) in [6, 6.07) is 10.5. The molecule has 3 nitrogen and oxygen atoms in total. The monoisotopic (exact) mass is 293 g/mol. The van der Waals surface area contributed by atoms with Crippen molar-refractivity contribution in [1.29, 1.82) is 0 Å². The first-order valence-electron chi connectivity index (χ1n) is 7.77. The summed E-state index contributed by atoms with van der Waals surface area (Å²) >= 11 is 0. The fourth-order valence-corrected chi connectivity index (χ4v) is 2.08. The number of hydrogen-bond donors (Lipinski definition) is 1. The lowest BCUT2D eigenvalue weighted by molar-refractivity contribution is -0.0530. The maximum Gasteiger partial charge on any atom is 0.0638 e. The standard InChI is InChI=1S/C18H31NO2/c1-17(2,20)12-14-21-18(3,4)11-13-19(5)15-16-9-7-6-8-10-16/h6-10,20H,11-15H2,1-5H3. The van der Waals surface area contributed by atoms with Gasteiger partial charge in [0.15, 0.2) is 0 Å². The van der Waals surface area contributed by atoms with Crippen molar-refractivity contribution in [3.63, 3.8) is 0 Å². The van der Waals surface area contributed by atoms with E-state index >= 15 is 0 Å². The Morgan fingerprint density at radius 3 is 2.24 bits per heavy atom. The lowest BCUT2D eigenvalue weighted by Crippen LogP contribution is -2.33. The number of benzene rings is 1. The maximum absolute atomic E-state index is 9.71. The zero-order valence-electron chi connectivity index (χ0n) is 14.2. The van der Waals surface area contributed by atoms with Crippen LogP contribution in [0, 0.1) is 0 Å². The fraction of sp³-hybridized carbons (Fsp3) is 0.667. The third-order valence-electron chi connectivity index (χ3n) is 3.60. The maximum atomic E-state index is 9.71. The summed E-state index contributed by atoms with van der Waals surface area (Å²) in [6.07, 6.45) is 1.64. The normalized spacial score (nSPS) is 12.9. The van der Waals surface area contributed by atoms with Gasteiger partial charge in [-0.1, -0.05) is 30.3 Å². The zero-order valence-corrected chi connectivity index (χ0v) is 14.2. The first-order valence-corrected chi connectivity index (χ1v) is 7.77. The molecule has 0 radical (unpaired) electrons. The van der Waals surface area contributed by atoms with Crippen LogP contribution in [0.3, 0.4) is 0 Å². The van der Waals surface area contributed by atoms with E-state index in [0.717, 1.165) is 19.5 Å². The van der Waals surface area contributed by atoms with Crippen LogP contribution in [0.4, 0.5) is 0 Å². The van der Waals surface area contributed by atoms with Gasteiger partial charge in [0.25, 0.3) is 0 Å². The lowest BCUT2D eigenvalue weighted by Gasteiger charge is -2.29. The summed E-state index contributed by atoms with van der Waals surface area (Å²) in [7, 11) is 2.14. The Balaban J connectivity index is 2.28. The van der Waals surface area contributed by atoms with Gasteiger partial charge in [-0.2, -0.15) is 0 Å². The smallest absolute Gasteiger partial charge is 0.0638 e. The van der Waals surface area contributed by atoms with Gasteiger partial charge in [-0.05, 0) is 53.1 Å². The number of nitrogens with zero attached hydrogens (tertiary/aromatic N) is 1. The van der Waals surface area contributed by atoms with Crippen LogP contribution in [0.1, 0.15) is 46.1 Å². The molecule has 0 fully saturated rings. The minimum atomic E-state index is -0.653. The van der Waals surface area contributed by atoms with Crippen molar-refractivity contribution in [2.24, 2.45) is 0 Å². The van der Waals surface area contributed by atoms with Crippen molar-refractivity contribution >= 4 is 0 Å². The second-order valence-corrected chi connectivity index (χ2v) is 7.14. The van der Waals surface area contributed by atoms with Gasteiger partial charge in [-0.25, -0.2) is 0 Å². The van der Waals surface area contributed by atoms with Crippen molar-refractivity contribution in [3.8, 4) is 0 Å². The first-order chi connectivity index (χ1) is 9.68. The molecule has 0 aliphatic heterocycles. The fourth-order valence-electron chi connectivity index (χ4n) is 2.08. The Labute approximate surface area is 129 Å². The molecule has 1 N–H and O–H groups in total. The summed E-state index contributed by atoms with van der Waals surface area (Å²) < 4.78 is 5.92. The van der Waals surface area contributed by atoms with Gasteiger partial charge in [0.2, 0.25) is 0 Å². The zero-order chi connectivity index (χ0) is 15.9. The van der Waals surface area contributed by atoms with Gasteiger partial charge in [0, 0.05) is 13.1 Å². The van der Waals surface area contributed by atoms with Crippen LogP contribution in [0.25, 0.3) is 0 Å². The van der Waals surface area contributed by atoms with Gasteiger partial charge in [-0.15, -0.1) is 0 Å². The predicted molar refractivity (Wildman–Crippen MR) is 88.3 cm³/mol. The topological polar surface area (TPSA) is 32.7 Å². The van der Waals surface area contributed by atoms with Gasteiger partial charge >= 0.3 is 0 Å². The highest BCUT2D eigenvalue weighted by Gasteiger charge is 2.21. The Morgan fingerprint density at radius 1 is 1.05 bits per heavy atom. The number of aliphatic hydroxyl groups is 1. The molecule has 21 heavy (non-hydrogen) atoms. The predicted octanol–water partition coefficient (Wildman–Crippen LogP) is 3.46. The molecule has 0 aliphatic rings. The van der Waals surface area contributed by atoms with Crippen molar-refractivity contribution in [1.82, 2.24) is 4.90 Å². The minimum Gasteiger partial charge on any atom is -0.390 e. The van der Waals surface area contributed by atoms with E-state index in [4.69, 9.17) is 4.74 Å². The van der Waals surface area contributed by atoms with Gasteiger partial charge in [0.05, 0.1) is 17.8 Å². The van der Waals surface area contributed by atoms with E-state index in [2.05, 4.69) is 50.1 Å². The number of ether oxygens (including phenoxy) is 1. The molecule has 0 atom stereocenters.